The predicted molar refractivity (Wildman–Crippen MR) is 147 cm³/mol. The van der Waals surface area contributed by atoms with Crippen LogP contribution in [0.3, 0.4) is 0 Å². The number of hydrogen-bond acceptors (Lipinski definition) is 8. The van der Waals surface area contributed by atoms with Gasteiger partial charge in [-0.05, 0) is 24.1 Å². The lowest BCUT2D eigenvalue weighted by atomic mass is 10.1. The number of benzene rings is 1. The molecule has 1 fully saturated rings. The van der Waals surface area contributed by atoms with Crippen LogP contribution in [0.2, 0.25) is 5.15 Å². The van der Waals surface area contributed by atoms with Crippen molar-refractivity contribution in [3.05, 3.63) is 53.7 Å². The Labute approximate surface area is 232 Å². The van der Waals surface area contributed by atoms with Crippen LogP contribution in [0.15, 0.2) is 43.0 Å². The van der Waals surface area contributed by atoms with Crippen LogP contribution in [0.25, 0.3) is 5.95 Å². The number of hydrogen-bond donors (Lipinski definition) is 2. The summed E-state index contributed by atoms with van der Waals surface area (Å²) in [7, 11) is 3.16. The first-order valence-corrected chi connectivity index (χ1v) is 13.1. The molecule has 4 rings (SSSR count). The van der Waals surface area contributed by atoms with Crippen molar-refractivity contribution in [3.8, 4) is 17.4 Å². The van der Waals surface area contributed by atoms with Gasteiger partial charge in [0, 0.05) is 63.7 Å². The zero-order valence-electron chi connectivity index (χ0n) is 22.3. The number of ether oxygens (including phenoxy) is 2. The van der Waals surface area contributed by atoms with Crippen LogP contribution in [0.4, 0.5) is 10.6 Å². The van der Waals surface area contributed by atoms with Gasteiger partial charge in [-0.2, -0.15) is 4.98 Å². The third-order valence-electron chi connectivity index (χ3n) is 6.32. The van der Waals surface area contributed by atoms with Gasteiger partial charge in [0.05, 0.1) is 20.3 Å². The number of anilines is 1. The summed E-state index contributed by atoms with van der Waals surface area (Å²) in [5, 5.41) is 6.17. The molecule has 1 atom stereocenters. The molecule has 0 radical (unpaired) electrons. The van der Waals surface area contributed by atoms with Gasteiger partial charge in [-0.25, -0.2) is 14.8 Å². The predicted octanol–water partition coefficient (Wildman–Crippen LogP) is 2.65. The Morgan fingerprint density at radius 3 is 2.51 bits per heavy atom. The lowest BCUT2D eigenvalue weighted by Crippen LogP contribution is -2.58. The van der Waals surface area contributed by atoms with Gasteiger partial charge in [-0.3, -0.25) is 9.36 Å². The van der Waals surface area contributed by atoms with Gasteiger partial charge in [0.1, 0.15) is 28.8 Å². The molecular formula is C26H33ClN8O4. The summed E-state index contributed by atoms with van der Waals surface area (Å²) in [6.07, 6.45) is 5.92. The van der Waals surface area contributed by atoms with Crippen LogP contribution in [0, 0.1) is 0 Å². The molecule has 3 aromatic rings. The highest BCUT2D eigenvalue weighted by molar-refractivity contribution is 6.29. The SMILES string of the molecule is CCCNC(=O)N1CCN(c2cc(Cl)nc(-n3ccnc3)n2)C(CC(=O)NCc2cc(OC)cc(OC)c2)C1. The Morgan fingerprint density at radius 1 is 1.08 bits per heavy atom. The van der Waals surface area contributed by atoms with Crippen molar-refractivity contribution in [1.82, 2.24) is 35.1 Å². The van der Waals surface area contributed by atoms with E-state index in [2.05, 4.69) is 25.6 Å². The van der Waals surface area contributed by atoms with Gasteiger partial charge in [0.2, 0.25) is 11.9 Å². The topological polar surface area (TPSA) is 127 Å². The average molecular weight is 557 g/mol. The van der Waals surface area contributed by atoms with Crippen molar-refractivity contribution in [1.29, 1.82) is 0 Å². The van der Waals surface area contributed by atoms with Gasteiger partial charge in [-0.1, -0.05) is 18.5 Å². The molecular weight excluding hydrogens is 524 g/mol. The van der Waals surface area contributed by atoms with Crippen LogP contribution < -0.4 is 25.0 Å². The number of piperazine rings is 1. The van der Waals surface area contributed by atoms with Crippen LogP contribution in [0.1, 0.15) is 25.3 Å². The number of methoxy groups -OCH3 is 2. The molecule has 3 heterocycles. The molecule has 208 valence electrons. The summed E-state index contributed by atoms with van der Waals surface area (Å²) in [6, 6.07) is 6.64. The number of imidazole rings is 1. The second kappa shape index (κ2) is 13.1. The van der Waals surface area contributed by atoms with E-state index in [1.165, 1.54) is 0 Å². The fourth-order valence-corrected chi connectivity index (χ4v) is 4.52. The normalized spacial score (nSPS) is 15.1. The van der Waals surface area contributed by atoms with E-state index >= 15 is 0 Å². The Hall–Kier alpha value is -4.06. The van der Waals surface area contributed by atoms with E-state index < -0.39 is 0 Å². The molecule has 1 unspecified atom stereocenters. The van der Waals surface area contributed by atoms with E-state index in [1.54, 1.807) is 54.5 Å². The molecule has 39 heavy (non-hydrogen) atoms. The van der Waals surface area contributed by atoms with E-state index in [0.29, 0.717) is 56.0 Å². The van der Waals surface area contributed by atoms with Crippen LogP contribution in [-0.4, -0.2) is 82.8 Å². The molecule has 12 nitrogen and oxygen atoms in total. The first-order valence-electron chi connectivity index (χ1n) is 12.7. The Balaban J connectivity index is 1.52. The highest BCUT2D eigenvalue weighted by Crippen LogP contribution is 2.25. The summed E-state index contributed by atoms with van der Waals surface area (Å²) in [5.74, 6) is 2.05. The fourth-order valence-electron chi connectivity index (χ4n) is 4.35. The monoisotopic (exact) mass is 556 g/mol. The number of urea groups is 1. The maximum absolute atomic E-state index is 13.1. The molecule has 2 aromatic heterocycles. The summed E-state index contributed by atoms with van der Waals surface area (Å²) in [5.41, 5.74) is 0.841. The van der Waals surface area contributed by atoms with Crippen LogP contribution >= 0.6 is 11.6 Å². The van der Waals surface area contributed by atoms with Gasteiger partial charge in [0.15, 0.2) is 0 Å². The van der Waals surface area contributed by atoms with Gasteiger partial charge in [0.25, 0.3) is 0 Å². The number of halogens is 1. The van der Waals surface area contributed by atoms with E-state index in [1.807, 2.05) is 24.0 Å². The highest BCUT2D eigenvalue weighted by atomic mass is 35.5. The molecule has 0 spiro atoms. The quantitative estimate of drug-likeness (QED) is 0.365. The molecule has 1 aliphatic rings. The second-order valence-electron chi connectivity index (χ2n) is 9.05. The van der Waals surface area contributed by atoms with Crippen molar-refractivity contribution in [3.63, 3.8) is 0 Å². The van der Waals surface area contributed by atoms with Gasteiger partial charge >= 0.3 is 6.03 Å². The second-order valence-corrected chi connectivity index (χ2v) is 9.43. The smallest absolute Gasteiger partial charge is 0.317 e. The Bertz CT molecular complexity index is 1250. The number of aromatic nitrogens is 4. The molecule has 0 saturated carbocycles. The van der Waals surface area contributed by atoms with Gasteiger partial charge < -0.3 is 29.9 Å². The number of rotatable bonds is 10. The lowest BCUT2D eigenvalue weighted by Gasteiger charge is -2.42. The molecule has 0 bridgehead atoms. The fraction of sp³-hybridized carbons (Fsp3) is 0.423. The van der Waals surface area contributed by atoms with Crippen molar-refractivity contribution >= 4 is 29.4 Å². The minimum atomic E-state index is -0.340. The van der Waals surface area contributed by atoms with Crippen LogP contribution in [0.5, 0.6) is 11.5 Å². The third-order valence-corrected chi connectivity index (χ3v) is 6.51. The zero-order chi connectivity index (χ0) is 27.8. The number of amides is 3. The molecule has 0 aliphatic carbocycles. The summed E-state index contributed by atoms with van der Waals surface area (Å²) in [4.78, 5) is 42.7. The van der Waals surface area contributed by atoms with E-state index in [0.717, 1.165) is 12.0 Å². The Kier molecular flexibility index (Phi) is 9.42. The summed E-state index contributed by atoms with van der Waals surface area (Å²) < 4.78 is 12.3. The zero-order valence-corrected chi connectivity index (χ0v) is 23.0. The first-order chi connectivity index (χ1) is 18.9. The number of carbonyl (C=O) groups is 2. The summed E-state index contributed by atoms with van der Waals surface area (Å²) in [6.45, 7) is 4.17. The Morgan fingerprint density at radius 2 is 1.85 bits per heavy atom. The van der Waals surface area contributed by atoms with Crippen molar-refractivity contribution in [2.24, 2.45) is 0 Å². The molecule has 1 aromatic carbocycles. The number of nitrogens with one attached hydrogen (secondary N) is 2. The van der Waals surface area contributed by atoms with E-state index in [4.69, 9.17) is 21.1 Å². The van der Waals surface area contributed by atoms with Gasteiger partial charge in [-0.15, -0.1) is 0 Å². The maximum Gasteiger partial charge on any atom is 0.317 e. The average Bonchev–Trinajstić information content (AvgIpc) is 3.49. The van der Waals surface area contributed by atoms with Crippen molar-refractivity contribution < 1.29 is 19.1 Å². The van der Waals surface area contributed by atoms with Crippen molar-refractivity contribution in [2.45, 2.75) is 32.4 Å². The summed E-state index contributed by atoms with van der Waals surface area (Å²) >= 11 is 6.36. The molecule has 13 heteroatoms. The molecule has 2 N–H and O–H groups in total. The minimum Gasteiger partial charge on any atom is -0.497 e. The lowest BCUT2D eigenvalue weighted by molar-refractivity contribution is -0.121. The largest absolute Gasteiger partial charge is 0.497 e. The van der Waals surface area contributed by atoms with E-state index in [9.17, 15) is 9.59 Å². The van der Waals surface area contributed by atoms with Crippen molar-refractivity contribution in [2.75, 3.05) is 45.3 Å². The highest BCUT2D eigenvalue weighted by Gasteiger charge is 2.32. The van der Waals surface area contributed by atoms with E-state index in [-0.39, 0.29) is 29.6 Å². The maximum atomic E-state index is 13.1. The molecule has 1 saturated heterocycles. The molecule has 1 aliphatic heterocycles. The molecule has 3 amide bonds. The standard InChI is InChI=1S/C26H33ClN8O4/c1-4-5-29-26(37)33-8-9-35(23-14-22(27)31-25(32-23)34-7-6-28-17-34)19(16-33)12-24(36)30-15-18-10-20(38-2)13-21(11-18)39-3/h6-7,10-11,13-14,17,19H,4-5,8-9,12,15-16H2,1-3H3,(H,29,37)(H,30,36). The number of nitrogens with zero attached hydrogens (tertiary/aromatic N) is 6. The first kappa shape index (κ1) is 28.0. The van der Waals surface area contributed by atoms with Crippen LogP contribution in [-0.2, 0) is 11.3 Å². The third kappa shape index (κ3) is 7.29. The minimum absolute atomic E-state index is 0.140. The number of carbonyl (C=O) groups excluding carboxylic acids is 2.